The van der Waals surface area contributed by atoms with E-state index in [1.165, 1.54) is 0 Å². The fourth-order valence-corrected chi connectivity index (χ4v) is 4.48. The molecule has 7 nitrogen and oxygen atoms in total. The van der Waals surface area contributed by atoms with E-state index in [1.807, 2.05) is 6.07 Å². The van der Waals surface area contributed by atoms with Crippen LogP contribution in [0.15, 0.2) is 24.3 Å². The summed E-state index contributed by atoms with van der Waals surface area (Å²) in [6.07, 6.45) is 1.25. The Kier molecular flexibility index (Phi) is 4.10. The van der Waals surface area contributed by atoms with E-state index in [-0.39, 0.29) is 25.4 Å². The van der Waals surface area contributed by atoms with Crippen molar-refractivity contribution in [3.63, 3.8) is 0 Å². The minimum atomic E-state index is -0.0545. The van der Waals surface area contributed by atoms with Crippen LogP contribution >= 0.6 is 0 Å². The zero-order valence-corrected chi connectivity index (χ0v) is 16.8. The molecule has 0 bridgehead atoms. The van der Waals surface area contributed by atoms with Crippen molar-refractivity contribution in [1.29, 1.82) is 0 Å². The fourth-order valence-electron chi connectivity index (χ4n) is 4.48. The Morgan fingerprint density at radius 1 is 1.07 bits per heavy atom. The number of quaternary nitrogens is 1. The molecule has 0 N–H and O–H groups in total. The van der Waals surface area contributed by atoms with E-state index in [0.29, 0.717) is 45.2 Å². The number of rotatable bonds is 4. The largest absolute Gasteiger partial charge is 0.492 e. The number of nitrogens with zero attached hydrogens (tertiary/aromatic N) is 1. The van der Waals surface area contributed by atoms with E-state index in [9.17, 15) is 4.79 Å². The Morgan fingerprint density at radius 3 is 2.66 bits per heavy atom. The molecule has 3 aliphatic heterocycles. The number of hydrogen-bond acceptors (Lipinski definition) is 6. The number of benzene rings is 2. The van der Waals surface area contributed by atoms with Crippen LogP contribution in [0.3, 0.4) is 0 Å². The third-order valence-electron chi connectivity index (χ3n) is 6.16. The monoisotopic (exact) mass is 398 g/mol. The zero-order valence-electron chi connectivity index (χ0n) is 16.8. The minimum Gasteiger partial charge on any atom is -0.492 e. The first-order valence-corrected chi connectivity index (χ1v) is 9.73. The summed E-state index contributed by atoms with van der Waals surface area (Å²) in [7, 11) is 5.96. The van der Waals surface area contributed by atoms with Gasteiger partial charge < -0.3 is 28.2 Å². The van der Waals surface area contributed by atoms with Crippen molar-refractivity contribution < 1.29 is 33.0 Å². The third kappa shape index (κ3) is 2.88. The van der Waals surface area contributed by atoms with Crippen LogP contribution in [0.1, 0.15) is 33.9 Å². The normalized spacial score (nSPS) is 20.3. The first-order chi connectivity index (χ1) is 14.0. The van der Waals surface area contributed by atoms with Gasteiger partial charge in [-0.25, -0.2) is 0 Å². The highest BCUT2D eigenvalue weighted by Crippen LogP contribution is 2.51. The van der Waals surface area contributed by atoms with Crippen molar-refractivity contribution in [3.05, 3.63) is 41.0 Å². The number of Topliss-reactive ketones (excluding diaryl/α,β-unsaturated/α-hetero) is 1. The molecular weight excluding hydrogens is 374 g/mol. The molecule has 0 aromatic heterocycles. The van der Waals surface area contributed by atoms with E-state index in [1.54, 1.807) is 25.3 Å². The molecule has 152 valence electrons. The van der Waals surface area contributed by atoms with Gasteiger partial charge in [0, 0.05) is 12.0 Å². The number of ether oxygens (including phenoxy) is 5. The van der Waals surface area contributed by atoms with Gasteiger partial charge in [0.2, 0.25) is 19.3 Å². The van der Waals surface area contributed by atoms with Gasteiger partial charge in [-0.05, 0) is 29.8 Å². The molecule has 0 saturated heterocycles. The Balaban J connectivity index is 1.54. The van der Waals surface area contributed by atoms with Crippen LogP contribution in [-0.2, 0) is 6.42 Å². The quantitative estimate of drug-likeness (QED) is 0.583. The summed E-state index contributed by atoms with van der Waals surface area (Å²) in [4.78, 5) is 13.2. The SMILES string of the molecule is COc1c2c(cc3c1[C@H](CC(=O)c1ccc4c(c1)OCO4)[N+](C)(C)CC3)OCO2. The zero-order chi connectivity index (χ0) is 20.2. The second kappa shape index (κ2) is 6.56. The van der Waals surface area contributed by atoms with Crippen LogP contribution in [-0.4, -0.2) is 51.6 Å². The van der Waals surface area contributed by atoms with Crippen molar-refractivity contribution in [1.82, 2.24) is 0 Å². The van der Waals surface area contributed by atoms with Crippen molar-refractivity contribution in [3.8, 4) is 28.7 Å². The first kappa shape index (κ1) is 18.1. The van der Waals surface area contributed by atoms with Crippen LogP contribution in [0.2, 0.25) is 0 Å². The molecule has 0 aliphatic carbocycles. The third-order valence-corrected chi connectivity index (χ3v) is 6.16. The van der Waals surface area contributed by atoms with Gasteiger partial charge in [-0.1, -0.05) is 0 Å². The summed E-state index contributed by atoms with van der Waals surface area (Å²) in [6.45, 7) is 1.31. The lowest BCUT2D eigenvalue weighted by Gasteiger charge is -2.43. The number of likely N-dealkylation sites (N-methyl/N-ethyl adjacent to an activating group) is 1. The lowest BCUT2D eigenvalue weighted by atomic mass is 9.86. The second-order valence-corrected chi connectivity index (χ2v) is 8.18. The Morgan fingerprint density at radius 2 is 1.83 bits per heavy atom. The molecule has 2 aromatic rings. The smallest absolute Gasteiger partial charge is 0.231 e. The van der Waals surface area contributed by atoms with Gasteiger partial charge >= 0.3 is 0 Å². The van der Waals surface area contributed by atoms with E-state index in [2.05, 4.69) is 14.1 Å². The standard InChI is InChI=1S/C22H24NO6/c1-23(2)7-6-14-9-19-21(29-12-28-19)22(25-3)20(14)15(23)10-16(24)13-4-5-17-18(8-13)27-11-26-17/h4-5,8-9,15H,6-7,10-12H2,1-3H3/q+1/t15-/m0/s1. The molecule has 2 aromatic carbocycles. The lowest BCUT2D eigenvalue weighted by Crippen LogP contribution is -2.48. The predicted octanol–water partition coefficient (Wildman–Crippen LogP) is 3.10. The number of carbonyl (C=O) groups excluding carboxylic acids is 1. The first-order valence-electron chi connectivity index (χ1n) is 9.73. The molecular formula is C22H24NO6+. The average molecular weight is 398 g/mol. The Bertz CT molecular complexity index is 999. The van der Waals surface area contributed by atoms with Gasteiger partial charge in [-0.3, -0.25) is 4.79 Å². The summed E-state index contributed by atoms with van der Waals surface area (Å²) in [6, 6.07) is 7.35. The molecule has 7 heteroatoms. The highest BCUT2D eigenvalue weighted by atomic mass is 16.7. The average Bonchev–Trinajstić information content (AvgIpc) is 3.36. The van der Waals surface area contributed by atoms with Crippen LogP contribution < -0.4 is 23.7 Å². The summed E-state index contributed by atoms with van der Waals surface area (Å²) in [5, 5.41) is 0. The highest BCUT2D eigenvalue weighted by molar-refractivity contribution is 5.97. The minimum absolute atomic E-state index is 0.0545. The fraction of sp³-hybridized carbons (Fsp3) is 0.409. The Hall–Kier alpha value is -2.93. The molecule has 3 aliphatic rings. The van der Waals surface area contributed by atoms with Gasteiger partial charge in [0.05, 0.1) is 39.7 Å². The molecule has 0 unspecified atom stereocenters. The molecule has 29 heavy (non-hydrogen) atoms. The number of carbonyl (C=O) groups is 1. The molecule has 0 fully saturated rings. The van der Waals surface area contributed by atoms with Gasteiger partial charge in [0.25, 0.3) is 0 Å². The Labute approximate surface area is 169 Å². The van der Waals surface area contributed by atoms with Crippen LogP contribution in [0.4, 0.5) is 0 Å². The van der Waals surface area contributed by atoms with E-state index >= 15 is 0 Å². The number of fused-ring (bicyclic) bond motifs is 3. The predicted molar refractivity (Wildman–Crippen MR) is 104 cm³/mol. The van der Waals surface area contributed by atoms with Crippen LogP contribution in [0.25, 0.3) is 0 Å². The van der Waals surface area contributed by atoms with Crippen molar-refractivity contribution in [2.75, 3.05) is 41.3 Å². The molecule has 0 saturated carbocycles. The van der Waals surface area contributed by atoms with E-state index in [0.717, 1.165) is 24.1 Å². The summed E-state index contributed by atoms with van der Waals surface area (Å²) in [5.41, 5.74) is 2.83. The molecule has 3 heterocycles. The van der Waals surface area contributed by atoms with Crippen LogP contribution in [0.5, 0.6) is 28.7 Å². The maximum atomic E-state index is 13.2. The second-order valence-electron chi connectivity index (χ2n) is 8.18. The van der Waals surface area contributed by atoms with E-state index in [4.69, 9.17) is 23.7 Å². The van der Waals surface area contributed by atoms with Crippen molar-refractivity contribution >= 4 is 5.78 Å². The summed E-state index contributed by atoms with van der Waals surface area (Å²) in [5.74, 6) is 3.39. The number of hydrogen-bond donors (Lipinski definition) is 0. The molecule has 0 amide bonds. The van der Waals surface area contributed by atoms with Gasteiger partial charge in [-0.15, -0.1) is 0 Å². The molecule has 0 spiro atoms. The number of ketones is 1. The summed E-state index contributed by atoms with van der Waals surface area (Å²) < 4.78 is 28.5. The van der Waals surface area contributed by atoms with Crippen LogP contribution in [0, 0.1) is 0 Å². The van der Waals surface area contributed by atoms with Gasteiger partial charge in [0.15, 0.2) is 28.8 Å². The van der Waals surface area contributed by atoms with Crippen molar-refractivity contribution in [2.45, 2.75) is 18.9 Å². The highest BCUT2D eigenvalue weighted by Gasteiger charge is 2.42. The van der Waals surface area contributed by atoms with E-state index < -0.39 is 0 Å². The van der Waals surface area contributed by atoms with Gasteiger partial charge in [0.1, 0.15) is 6.04 Å². The summed E-state index contributed by atoms with van der Waals surface area (Å²) >= 11 is 0. The van der Waals surface area contributed by atoms with Crippen molar-refractivity contribution in [2.24, 2.45) is 0 Å². The molecule has 5 rings (SSSR count). The van der Waals surface area contributed by atoms with Gasteiger partial charge in [-0.2, -0.15) is 0 Å². The maximum absolute atomic E-state index is 13.2. The number of methoxy groups -OCH3 is 1. The topological polar surface area (TPSA) is 63.2 Å². The molecule has 0 radical (unpaired) electrons. The molecule has 1 atom stereocenters. The lowest BCUT2D eigenvalue weighted by molar-refractivity contribution is -0.922. The maximum Gasteiger partial charge on any atom is 0.231 e.